The van der Waals surface area contributed by atoms with E-state index in [2.05, 4.69) is 6.58 Å². The van der Waals surface area contributed by atoms with E-state index in [4.69, 9.17) is 23.7 Å². The maximum absolute atomic E-state index is 13.9. The highest BCUT2D eigenvalue weighted by molar-refractivity contribution is 5.83. The summed E-state index contributed by atoms with van der Waals surface area (Å²) in [5.41, 5.74) is -2.39. The predicted octanol–water partition coefficient (Wildman–Crippen LogP) is 2.91. The first-order valence-electron chi connectivity index (χ1n) is 13.2. The van der Waals surface area contributed by atoms with E-state index >= 15 is 0 Å². The van der Waals surface area contributed by atoms with E-state index in [-0.39, 0.29) is 19.1 Å². The standard InChI is InChI=1S/C28H38O10/c1-14-19-10-20(36-16(3)30)23-27(11-19,24(14)38-18(5)32)25(33)35-13-28(23)21(12-34-15(2)29)26(6,7)9-8-22(28)37-17(4)31/h19-24H,1,8-13H2,2-7H3/t19-,20+,21+,22-,23+,24-,27+,28+/m0/s1. The zero-order valence-electron chi connectivity index (χ0n) is 23.0. The summed E-state index contributed by atoms with van der Waals surface area (Å²) in [5, 5.41) is 0. The molecule has 1 aliphatic heterocycles. The van der Waals surface area contributed by atoms with Crippen molar-refractivity contribution in [2.45, 2.75) is 85.5 Å². The molecule has 0 aromatic heterocycles. The van der Waals surface area contributed by atoms with Gasteiger partial charge in [0, 0.05) is 39.5 Å². The van der Waals surface area contributed by atoms with Crippen LogP contribution in [-0.2, 0) is 47.7 Å². The highest BCUT2D eigenvalue weighted by atomic mass is 16.6. The summed E-state index contributed by atoms with van der Waals surface area (Å²) in [4.78, 5) is 62.9. The van der Waals surface area contributed by atoms with Crippen LogP contribution in [0.3, 0.4) is 0 Å². The first-order chi connectivity index (χ1) is 17.7. The molecule has 4 rings (SSSR count). The smallest absolute Gasteiger partial charge is 0.316 e. The number of ether oxygens (including phenoxy) is 5. The normalized spacial score (nSPS) is 39.0. The van der Waals surface area contributed by atoms with Gasteiger partial charge in [-0.05, 0) is 42.6 Å². The van der Waals surface area contributed by atoms with E-state index in [1.165, 1.54) is 27.7 Å². The molecular formula is C28H38O10. The van der Waals surface area contributed by atoms with Gasteiger partial charge >= 0.3 is 29.8 Å². The van der Waals surface area contributed by atoms with Crippen molar-refractivity contribution in [1.82, 2.24) is 0 Å². The number of hydrogen-bond donors (Lipinski definition) is 0. The van der Waals surface area contributed by atoms with Crippen LogP contribution in [-0.4, -0.2) is 61.4 Å². The predicted molar refractivity (Wildman–Crippen MR) is 131 cm³/mol. The van der Waals surface area contributed by atoms with Gasteiger partial charge in [0.15, 0.2) is 0 Å². The lowest BCUT2D eigenvalue weighted by molar-refractivity contribution is -0.278. The van der Waals surface area contributed by atoms with Crippen LogP contribution in [0.5, 0.6) is 0 Å². The Morgan fingerprint density at radius 2 is 1.61 bits per heavy atom. The minimum Gasteiger partial charge on any atom is -0.466 e. The molecule has 3 saturated carbocycles. The Balaban J connectivity index is 2.00. The first-order valence-corrected chi connectivity index (χ1v) is 13.2. The number of carbonyl (C=O) groups excluding carboxylic acids is 5. The third-order valence-corrected chi connectivity index (χ3v) is 9.37. The van der Waals surface area contributed by atoms with Gasteiger partial charge in [0.2, 0.25) is 0 Å². The van der Waals surface area contributed by atoms with Crippen LogP contribution in [0, 0.1) is 34.0 Å². The average molecular weight is 535 g/mol. The molecule has 0 amide bonds. The van der Waals surface area contributed by atoms with Gasteiger partial charge in [-0.25, -0.2) is 0 Å². The molecule has 10 heteroatoms. The molecule has 210 valence electrons. The largest absolute Gasteiger partial charge is 0.466 e. The average Bonchev–Trinajstić information content (AvgIpc) is 2.99. The zero-order valence-corrected chi connectivity index (χ0v) is 23.0. The minimum absolute atomic E-state index is 0.0143. The molecule has 4 fully saturated rings. The fourth-order valence-corrected chi connectivity index (χ4v) is 8.16. The summed E-state index contributed by atoms with van der Waals surface area (Å²) in [7, 11) is 0. The van der Waals surface area contributed by atoms with Crippen molar-refractivity contribution in [2.24, 2.45) is 34.0 Å². The molecule has 8 atom stereocenters. The lowest BCUT2D eigenvalue weighted by atomic mass is 9.43. The maximum atomic E-state index is 13.9. The van der Waals surface area contributed by atoms with Crippen LogP contribution in [0.4, 0.5) is 0 Å². The van der Waals surface area contributed by atoms with Gasteiger partial charge in [-0.3, -0.25) is 24.0 Å². The molecule has 4 aliphatic rings. The van der Waals surface area contributed by atoms with E-state index in [9.17, 15) is 24.0 Å². The Morgan fingerprint density at radius 3 is 2.18 bits per heavy atom. The SMILES string of the molecule is C=C1[C@H]2C[C@@H](OC(C)=O)[C@@H]3[C@@](C2)(C(=O)OC[C@@]32[C@@H](OC(C)=O)CCC(C)(C)[C@H]2COC(C)=O)[C@H]1OC(C)=O. The molecule has 1 saturated heterocycles. The maximum Gasteiger partial charge on any atom is 0.316 e. The fourth-order valence-electron chi connectivity index (χ4n) is 8.16. The van der Waals surface area contributed by atoms with Crippen molar-refractivity contribution >= 4 is 29.8 Å². The van der Waals surface area contributed by atoms with Gasteiger partial charge in [-0.1, -0.05) is 20.4 Å². The Labute approximate surface area is 222 Å². The summed E-state index contributed by atoms with van der Waals surface area (Å²) in [5.74, 6) is -4.10. The molecular weight excluding hydrogens is 496 g/mol. The van der Waals surface area contributed by atoms with Crippen LogP contribution in [0.1, 0.15) is 67.2 Å². The second-order valence-corrected chi connectivity index (χ2v) is 12.0. The number of esters is 5. The molecule has 2 bridgehead atoms. The van der Waals surface area contributed by atoms with Crippen molar-refractivity contribution in [1.29, 1.82) is 0 Å². The lowest BCUT2D eigenvalue weighted by Crippen LogP contribution is -2.72. The Morgan fingerprint density at radius 1 is 0.974 bits per heavy atom. The molecule has 38 heavy (non-hydrogen) atoms. The Bertz CT molecular complexity index is 1060. The van der Waals surface area contributed by atoms with E-state index in [0.717, 1.165) is 0 Å². The van der Waals surface area contributed by atoms with Crippen LogP contribution >= 0.6 is 0 Å². The quantitative estimate of drug-likeness (QED) is 0.295. The van der Waals surface area contributed by atoms with E-state index in [1.807, 2.05) is 13.8 Å². The Hall–Kier alpha value is -2.91. The molecule has 0 unspecified atom stereocenters. The fraction of sp³-hybridized carbons (Fsp3) is 0.750. The number of rotatable bonds is 5. The van der Waals surface area contributed by atoms with Gasteiger partial charge < -0.3 is 23.7 Å². The topological polar surface area (TPSA) is 132 Å². The van der Waals surface area contributed by atoms with Crippen molar-refractivity contribution in [3.8, 4) is 0 Å². The van der Waals surface area contributed by atoms with Crippen LogP contribution in [0.15, 0.2) is 12.2 Å². The van der Waals surface area contributed by atoms with Crippen LogP contribution in [0.2, 0.25) is 0 Å². The minimum atomic E-state index is -1.41. The number of fused-ring (bicyclic) bond motifs is 2. The second kappa shape index (κ2) is 9.68. The van der Waals surface area contributed by atoms with E-state index in [0.29, 0.717) is 31.3 Å². The van der Waals surface area contributed by atoms with Gasteiger partial charge in [-0.15, -0.1) is 0 Å². The second-order valence-electron chi connectivity index (χ2n) is 12.0. The number of cyclic esters (lactones) is 1. The molecule has 0 aromatic carbocycles. The molecule has 10 nitrogen and oxygen atoms in total. The Kier molecular flexibility index (Phi) is 7.16. The summed E-state index contributed by atoms with van der Waals surface area (Å²) in [6.07, 6.45) is -0.743. The summed E-state index contributed by atoms with van der Waals surface area (Å²) < 4.78 is 29.2. The van der Waals surface area contributed by atoms with Crippen molar-refractivity contribution in [3.63, 3.8) is 0 Å². The lowest BCUT2D eigenvalue weighted by Gasteiger charge is -2.64. The van der Waals surface area contributed by atoms with Crippen molar-refractivity contribution in [3.05, 3.63) is 12.2 Å². The van der Waals surface area contributed by atoms with Gasteiger partial charge in [0.05, 0.1) is 12.0 Å². The monoisotopic (exact) mass is 534 g/mol. The third-order valence-electron chi connectivity index (χ3n) is 9.37. The third kappa shape index (κ3) is 4.29. The van der Waals surface area contributed by atoms with Crippen LogP contribution < -0.4 is 0 Å². The molecule has 3 aliphatic carbocycles. The molecule has 0 N–H and O–H groups in total. The molecule has 0 aromatic rings. The van der Waals surface area contributed by atoms with E-state index in [1.54, 1.807) is 0 Å². The first kappa shape index (κ1) is 28.1. The highest BCUT2D eigenvalue weighted by Gasteiger charge is 2.78. The summed E-state index contributed by atoms with van der Waals surface area (Å²) >= 11 is 0. The number of carbonyl (C=O) groups is 5. The molecule has 2 spiro atoms. The summed E-state index contributed by atoms with van der Waals surface area (Å²) in [6.45, 7) is 13.3. The van der Waals surface area contributed by atoms with Crippen molar-refractivity contribution in [2.75, 3.05) is 13.2 Å². The van der Waals surface area contributed by atoms with Gasteiger partial charge in [0.1, 0.15) is 30.3 Å². The summed E-state index contributed by atoms with van der Waals surface area (Å²) in [6, 6.07) is 0. The highest BCUT2D eigenvalue weighted by Crippen LogP contribution is 2.70. The van der Waals surface area contributed by atoms with Gasteiger partial charge in [0.25, 0.3) is 0 Å². The van der Waals surface area contributed by atoms with E-state index < -0.39 is 76.2 Å². The zero-order chi connectivity index (χ0) is 28.2. The van der Waals surface area contributed by atoms with Gasteiger partial charge in [-0.2, -0.15) is 0 Å². The molecule has 0 radical (unpaired) electrons. The molecule has 1 heterocycles. The number of hydrogen-bond acceptors (Lipinski definition) is 10. The van der Waals surface area contributed by atoms with Crippen molar-refractivity contribution < 1.29 is 47.7 Å². The van der Waals surface area contributed by atoms with Crippen LogP contribution in [0.25, 0.3) is 0 Å².